The molecule has 4 rings (SSSR count). The van der Waals surface area contributed by atoms with E-state index in [4.69, 9.17) is 0 Å². The Labute approximate surface area is 170 Å². The number of benzene rings is 2. The van der Waals surface area contributed by atoms with Gasteiger partial charge in [0.15, 0.2) is 5.69 Å². The van der Waals surface area contributed by atoms with Crippen LogP contribution in [0.3, 0.4) is 0 Å². The van der Waals surface area contributed by atoms with Crippen molar-refractivity contribution in [3.8, 4) is 11.3 Å². The number of aryl methyl sites for hydroxylation is 1. The third-order valence-electron chi connectivity index (χ3n) is 4.24. The monoisotopic (exact) mass is 406 g/mol. The highest BCUT2D eigenvalue weighted by Crippen LogP contribution is 2.17. The third-order valence-corrected chi connectivity index (χ3v) is 5.16. The zero-order valence-corrected chi connectivity index (χ0v) is 16.4. The minimum absolute atomic E-state index is 0.125. The Bertz CT molecular complexity index is 1200. The first-order chi connectivity index (χ1) is 14.1. The molecule has 4 aromatic rings. The van der Waals surface area contributed by atoms with Crippen molar-refractivity contribution in [3.63, 3.8) is 0 Å². The molecule has 0 saturated carbocycles. The van der Waals surface area contributed by atoms with Gasteiger partial charge in [0.2, 0.25) is 11.1 Å². The van der Waals surface area contributed by atoms with Gasteiger partial charge in [0.05, 0.1) is 5.75 Å². The molecule has 2 aromatic heterocycles. The van der Waals surface area contributed by atoms with E-state index < -0.39 is 0 Å². The van der Waals surface area contributed by atoms with E-state index in [0.717, 1.165) is 5.56 Å². The number of hydrogen-bond donors (Lipinski definition) is 2. The maximum Gasteiger partial charge on any atom is 0.279 e. The number of amides is 1. The van der Waals surface area contributed by atoms with E-state index in [9.17, 15) is 9.59 Å². The maximum absolute atomic E-state index is 12.3. The number of carbonyl (C=O) groups excluding carboxylic acids is 1. The van der Waals surface area contributed by atoms with Crippen molar-refractivity contribution in [1.82, 2.24) is 30.1 Å². The van der Waals surface area contributed by atoms with Gasteiger partial charge in [-0.05, 0) is 12.5 Å². The fourth-order valence-electron chi connectivity index (χ4n) is 2.70. The van der Waals surface area contributed by atoms with E-state index in [2.05, 4.69) is 25.6 Å². The second-order valence-electron chi connectivity index (χ2n) is 6.44. The predicted molar refractivity (Wildman–Crippen MR) is 111 cm³/mol. The van der Waals surface area contributed by atoms with Crippen LogP contribution in [0.15, 0.2) is 64.5 Å². The van der Waals surface area contributed by atoms with Gasteiger partial charge < -0.3 is 5.32 Å². The van der Waals surface area contributed by atoms with E-state index in [-0.39, 0.29) is 28.7 Å². The second-order valence-corrected chi connectivity index (χ2v) is 7.38. The maximum atomic E-state index is 12.3. The summed E-state index contributed by atoms with van der Waals surface area (Å²) in [4.78, 5) is 27.1. The van der Waals surface area contributed by atoms with Crippen molar-refractivity contribution in [2.24, 2.45) is 0 Å². The van der Waals surface area contributed by atoms with Gasteiger partial charge in [-0.2, -0.15) is 9.61 Å². The van der Waals surface area contributed by atoms with E-state index in [0.29, 0.717) is 17.3 Å². The fraction of sp³-hybridized carbons (Fsp3) is 0.150. The molecule has 8 nitrogen and oxygen atoms in total. The van der Waals surface area contributed by atoms with Gasteiger partial charge in [0.1, 0.15) is 0 Å². The molecule has 0 aliphatic rings. The number of nitrogens with one attached hydrogen (secondary N) is 2. The van der Waals surface area contributed by atoms with Crippen LogP contribution in [0.1, 0.15) is 11.1 Å². The summed E-state index contributed by atoms with van der Waals surface area (Å²) < 4.78 is 1.45. The van der Waals surface area contributed by atoms with Crippen molar-refractivity contribution in [3.05, 3.63) is 76.1 Å². The summed E-state index contributed by atoms with van der Waals surface area (Å²) in [5.41, 5.74) is 2.83. The number of thioether (sulfide) groups is 1. The molecular weight excluding hydrogens is 388 g/mol. The van der Waals surface area contributed by atoms with Crippen molar-refractivity contribution < 1.29 is 4.79 Å². The normalized spacial score (nSPS) is 10.9. The first kappa shape index (κ1) is 18.9. The minimum atomic E-state index is -0.344. The SMILES string of the molecule is Cc1ccc(CNC(=O)CSc2nnc3[nH]c(=O)c(-c4ccccc4)nn23)cc1. The average Bonchev–Trinajstić information content (AvgIpc) is 3.13. The summed E-state index contributed by atoms with van der Waals surface area (Å²) in [5.74, 6) is 0.269. The van der Waals surface area contributed by atoms with Gasteiger partial charge in [0, 0.05) is 12.1 Å². The number of hydrogen-bond acceptors (Lipinski definition) is 6. The molecule has 2 heterocycles. The number of nitrogens with zero attached hydrogens (tertiary/aromatic N) is 4. The van der Waals surface area contributed by atoms with Crippen LogP contribution in [0, 0.1) is 6.92 Å². The summed E-state index contributed by atoms with van der Waals surface area (Å²) in [6.07, 6.45) is 0. The van der Waals surface area contributed by atoms with E-state index in [1.165, 1.54) is 21.8 Å². The van der Waals surface area contributed by atoms with Crippen molar-refractivity contribution in [2.75, 3.05) is 5.75 Å². The van der Waals surface area contributed by atoms with Crippen molar-refractivity contribution in [2.45, 2.75) is 18.6 Å². The van der Waals surface area contributed by atoms with Crippen LogP contribution in [0.25, 0.3) is 17.0 Å². The highest BCUT2D eigenvalue weighted by molar-refractivity contribution is 7.99. The van der Waals surface area contributed by atoms with Gasteiger partial charge in [-0.1, -0.05) is 71.9 Å². The van der Waals surface area contributed by atoms with Crippen molar-refractivity contribution >= 4 is 23.4 Å². The van der Waals surface area contributed by atoms with Crippen LogP contribution in [0.4, 0.5) is 0 Å². The molecule has 2 aromatic carbocycles. The molecule has 0 saturated heterocycles. The summed E-state index contributed by atoms with van der Waals surface area (Å²) >= 11 is 1.20. The second kappa shape index (κ2) is 8.27. The van der Waals surface area contributed by atoms with E-state index in [1.54, 1.807) is 12.1 Å². The highest BCUT2D eigenvalue weighted by atomic mass is 32.2. The predicted octanol–water partition coefficient (Wildman–Crippen LogP) is 2.20. The molecule has 0 fully saturated rings. The van der Waals surface area contributed by atoms with Crippen LogP contribution in [-0.2, 0) is 11.3 Å². The molecule has 29 heavy (non-hydrogen) atoms. The Balaban J connectivity index is 1.46. The van der Waals surface area contributed by atoms with Gasteiger partial charge in [0.25, 0.3) is 11.3 Å². The number of rotatable bonds is 6. The molecule has 2 N–H and O–H groups in total. The van der Waals surface area contributed by atoms with E-state index in [1.807, 2.05) is 49.4 Å². The molecule has 0 atom stereocenters. The number of carbonyl (C=O) groups is 1. The molecule has 0 aliphatic carbocycles. The highest BCUT2D eigenvalue weighted by Gasteiger charge is 2.14. The minimum Gasteiger partial charge on any atom is -0.351 e. The molecule has 0 spiro atoms. The summed E-state index contributed by atoms with van der Waals surface area (Å²) in [5, 5.41) is 15.7. The number of H-pyrrole nitrogens is 1. The molecule has 0 aliphatic heterocycles. The molecular formula is C20H18N6O2S. The molecule has 0 unspecified atom stereocenters. The lowest BCUT2D eigenvalue weighted by Crippen LogP contribution is -2.24. The Kier molecular flexibility index (Phi) is 5.39. The topological polar surface area (TPSA) is 105 Å². The van der Waals surface area contributed by atoms with Gasteiger partial charge in [-0.3, -0.25) is 14.6 Å². The third kappa shape index (κ3) is 4.35. The smallest absolute Gasteiger partial charge is 0.279 e. The van der Waals surface area contributed by atoms with Crippen LogP contribution in [-0.4, -0.2) is 36.5 Å². The van der Waals surface area contributed by atoms with E-state index >= 15 is 0 Å². The average molecular weight is 406 g/mol. The fourth-order valence-corrected chi connectivity index (χ4v) is 3.41. The largest absolute Gasteiger partial charge is 0.351 e. The Morgan fingerprint density at radius 2 is 1.86 bits per heavy atom. The van der Waals surface area contributed by atoms with Crippen LogP contribution in [0.2, 0.25) is 0 Å². The van der Waals surface area contributed by atoms with Crippen molar-refractivity contribution in [1.29, 1.82) is 0 Å². The molecule has 9 heteroatoms. The molecule has 0 radical (unpaired) electrons. The molecule has 146 valence electrons. The Morgan fingerprint density at radius 1 is 1.10 bits per heavy atom. The lowest BCUT2D eigenvalue weighted by molar-refractivity contribution is -0.118. The molecule has 0 bridgehead atoms. The summed E-state index contributed by atoms with van der Waals surface area (Å²) in [7, 11) is 0. The zero-order valence-electron chi connectivity index (χ0n) is 15.6. The van der Waals surface area contributed by atoms with Crippen LogP contribution >= 0.6 is 11.8 Å². The van der Waals surface area contributed by atoms with Gasteiger partial charge >= 0.3 is 0 Å². The number of aromatic nitrogens is 5. The first-order valence-corrected chi connectivity index (χ1v) is 9.95. The van der Waals surface area contributed by atoms with Gasteiger partial charge in [-0.15, -0.1) is 10.2 Å². The Morgan fingerprint density at radius 3 is 2.62 bits per heavy atom. The summed E-state index contributed by atoms with van der Waals surface area (Å²) in [6.45, 7) is 2.48. The standard InChI is InChI=1S/C20H18N6O2S/c1-13-7-9-14(10-8-13)11-21-16(27)12-29-20-24-23-19-22-18(28)17(25-26(19)20)15-5-3-2-4-6-15/h2-10H,11-12H2,1H3,(H,21,27)(H,22,23,28). The lowest BCUT2D eigenvalue weighted by Gasteiger charge is -2.05. The first-order valence-electron chi connectivity index (χ1n) is 8.96. The number of aromatic amines is 1. The van der Waals surface area contributed by atoms with Crippen LogP contribution < -0.4 is 10.9 Å². The van der Waals surface area contributed by atoms with Crippen LogP contribution in [0.5, 0.6) is 0 Å². The Hall–Kier alpha value is -3.46. The zero-order chi connectivity index (χ0) is 20.2. The quantitative estimate of drug-likeness (QED) is 0.476. The molecule has 1 amide bonds. The summed E-state index contributed by atoms with van der Waals surface area (Å²) in [6, 6.07) is 17.1. The van der Waals surface area contributed by atoms with Gasteiger partial charge in [-0.25, -0.2) is 0 Å². The lowest BCUT2D eigenvalue weighted by atomic mass is 10.1. The number of fused-ring (bicyclic) bond motifs is 1.